The Balaban J connectivity index is 2.90. The molecule has 0 spiro atoms. The molecule has 0 bridgehead atoms. The van der Waals surface area contributed by atoms with Crippen LogP contribution in [-0.4, -0.2) is 25.2 Å². The molecule has 0 saturated carbocycles. The zero-order chi connectivity index (χ0) is 17.5. The average molecular weight is 318 g/mol. The molecule has 5 heteroatoms. The van der Waals surface area contributed by atoms with E-state index in [9.17, 15) is 10.1 Å². The highest BCUT2D eigenvalue weighted by Gasteiger charge is 2.32. The predicted molar refractivity (Wildman–Crippen MR) is 90.4 cm³/mol. The van der Waals surface area contributed by atoms with Crippen LogP contribution in [-0.2, 0) is 9.53 Å². The lowest BCUT2D eigenvalue weighted by Crippen LogP contribution is -2.41. The Labute approximate surface area is 138 Å². The molecule has 0 fully saturated rings. The summed E-state index contributed by atoms with van der Waals surface area (Å²) in [4.78, 5) is 12.4. The van der Waals surface area contributed by atoms with Crippen molar-refractivity contribution >= 4 is 11.6 Å². The molecular formula is C18H26N2O3. The minimum atomic E-state index is -0.881. The second-order valence-corrected chi connectivity index (χ2v) is 6.17. The Morgan fingerprint density at radius 2 is 2.13 bits per heavy atom. The molecule has 0 saturated heterocycles. The maximum absolute atomic E-state index is 12.4. The summed E-state index contributed by atoms with van der Waals surface area (Å²) >= 11 is 0. The summed E-state index contributed by atoms with van der Waals surface area (Å²) in [5.74, 6) is 0.682. The Morgan fingerprint density at radius 3 is 2.65 bits per heavy atom. The minimum Gasteiger partial charge on any atom is -0.492 e. The number of carbonyl (C=O) groups is 1. The van der Waals surface area contributed by atoms with Crippen molar-refractivity contribution in [3.05, 3.63) is 23.8 Å². The Kier molecular flexibility index (Phi) is 7.05. The number of ether oxygens (including phenoxy) is 2. The zero-order valence-corrected chi connectivity index (χ0v) is 14.6. The second kappa shape index (κ2) is 8.54. The fourth-order valence-electron chi connectivity index (χ4n) is 2.13. The zero-order valence-electron chi connectivity index (χ0n) is 14.6. The summed E-state index contributed by atoms with van der Waals surface area (Å²) in [5.41, 5.74) is 0.0786. The lowest BCUT2D eigenvalue weighted by atomic mass is 9.99. The smallest absolute Gasteiger partial charge is 0.256 e. The van der Waals surface area contributed by atoms with E-state index in [1.807, 2.05) is 20.8 Å². The van der Waals surface area contributed by atoms with Crippen molar-refractivity contribution in [1.82, 2.24) is 0 Å². The summed E-state index contributed by atoms with van der Waals surface area (Å²) in [6, 6.07) is 7.17. The van der Waals surface area contributed by atoms with Gasteiger partial charge < -0.3 is 14.8 Å². The SMILES string of the molecule is CCCC(C)(OC)C(=O)Nc1ccc(OCC(C)C)c(C#N)c1. The highest BCUT2D eigenvalue weighted by atomic mass is 16.5. The van der Waals surface area contributed by atoms with Gasteiger partial charge in [0, 0.05) is 12.8 Å². The summed E-state index contributed by atoms with van der Waals surface area (Å²) in [7, 11) is 1.53. The van der Waals surface area contributed by atoms with Gasteiger partial charge in [0.25, 0.3) is 5.91 Å². The first-order valence-electron chi connectivity index (χ1n) is 7.89. The molecule has 126 valence electrons. The molecule has 0 aliphatic carbocycles. The third-order valence-electron chi connectivity index (χ3n) is 3.59. The molecule has 0 radical (unpaired) electrons. The van der Waals surface area contributed by atoms with Gasteiger partial charge in [-0.2, -0.15) is 5.26 Å². The first-order chi connectivity index (χ1) is 10.9. The average Bonchev–Trinajstić information content (AvgIpc) is 2.53. The molecule has 0 aliphatic heterocycles. The predicted octanol–water partition coefficient (Wildman–Crippen LogP) is 3.74. The molecule has 1 amide bonds. The summed E-state index contributed by atoms with van der Waals surface area (Å²) < 4.78 is 11.0. The minimum absolute atomic E-state index is 0.221. The highest BCUT2D eigenvalue weighted by Crippen LogP contribution is 2.25. The number of hydrogen-bond donors (Lipinski definition) is 1. The van der Waals surface area contributed by atoms with Gasteiger partial charge in [0.1, 0.15) is 17.4 Å². The molecule has 5 nitrogen and oxygen atoms in total. The van der Waals surface area contributed by atoms with Crippen molar-refractivity contribution < 1.29 is 14.3 Å². The van der Waals surface area contributed by atoms with Crippen LogP contribution in [0.15, 0.2) is 18.2 Å². The van der Waals surface area contributed by atoms with Crippen molar-refractivity contribution in [2.45, 2.75) is 46.1 Å². The number of nitriles is 1. The van der Waals surface area contributed by atoms with Crippen LogP contribution in [0.4, 0.5) is 5.69 Å². The van der Waals surface area contributed by atoms with Crippen LogP contribution >= 0.6 is 0 Å². The lowest BCUT2D eigenvalue weighted by molar-refractivity contribution is -0.136. The van der Waals surface area contributed by atoms with Gasteiger partial charge in [-0.05, 0) is 37.5 Å². The molecule has 23 heavy (non-hydrogen) atoms. The van der Waals surface area contributed by atoms with Crippen molar-refractivity contribution in [3.63, 3.8) is 0 Å². The fraction of sp³-hybridized carbons (Fsp3) is 0.556. The number of nitrogens with zero attached hydrogens (tertiary/aromatic N) is 1. The molecular weight excluding hydrogens is 292 g/mol. The number of rotatable bonds is 8. The molecule has 1 unspecified atom stereocenters. The molecule has 0 heterocycles. The van der Waals surface area contributed by atoms with E-state index in [0.29, 0.717) is 35.9 Å². The monoisotopic (exact) mass is 318 g/mol. The van der Waals surface area contributed by atoms with Gasteiger partial charge in [-0.3, -0.25) is 4.79 Å². The maximum Gasteiger partial charge on any atom is 0.256 e. The van der Waals surface area contributed by atoms with E-state index in [4.69, 9.17) is 9.47 Å². The van der Waals surface area contributed by atoms with Crippen LogP contribution < -0.4 is 10.1 Å². The van der Waals surface area contributed by atoms with Crippen LogP contribution in [0.1, 0.15) is 46.1 Å². The number of nitrogens with one attached hydrogen (secondary N) is 1. The van der Waals surface area contributed by atoms with Gasteiger partial charge in [0.2, 0.25) is 0 Å². The number of methoxy groups -OCH3 is 1. The van der Waals surface area contributed by atoms with Crippen LogP contribution in [0.3, 0.4) is 0 Å². The van der Waals surface area contributed by atoms with Gasteiger partial charge >= 0.3 is 0 Å². The van der Waals surface area contributed by atoms with Crippen LogP contribution in [0, 0.1) is 17.2 Å². The molecule has 0 aromatic heterocycles. The highest BCUT2D eigenvalue weighted by molar-refractivity contribution is 5.97. The van der Waals surface area contributed by atoms with E-state index in [-0.39, 0.29) is 5.91 Å². The van der Waals surface area contributed by atoms with E-state index >= 15 is 0 Å². The van der Waals surface area contributed by atoms with E-state index < -0.39 is 5.60 Å². The normalized spacial score (nSPS) is 13.3. The maximum atomic E-state index is 12.4. The summed E-state index contributed by atoms with van der Waals surface area (Å²) in [6.07, 6.45) is 1.46. The molecule has 1 N–H and O–H groups in total. The Morgan fingerprint density at radius 1 is 1.43 bits per heavy atom. The topological polar surface area (TPSA) is 71.3 Å². The molecule has 1 atom stereocenters. The number of benzene rings is 1. The Bertz CT molecular complexity index is 578. The quantitative estimate of drug-likeness (QED) is 0.792. The number of carbonyl (C=O) groups excluding carboxylic acids is 1. The third-order valence-corrected chi connectivity index (χ3v) is 3.59. The third kappa shape index (κ3) is 5.26. The number of amides is 1. The molecule has 1 rings (SSSR count). The van der Waals surface area contributed by atoms with Crippen molar-refractivity contribution in [3.8, 4) is 11.8 Å². The van der Waals surface area contributed by atoms with E-state index in [2.05, 4.69) is 11.4 Å². The summed E-state index contributed by atoms with van der Waals surface area (Å²) in [5, 5.41) is 12.1. The van der Waals surface area contributed by atoms with Crippen LogP contribution in [0.25, 0.3) is 0 Å². The molecule has 1 aromatic carbocycles. The van der Waals surface area contributed by atoms with Gasteiger partial charge in [-0.1, -0.05) is 27.2 Å². The van der Waals surface area contributed by atoms with Crippen molar-refractivity contribution in [1.29, 1.82) is 5.26 Å². The first-order valence-corrected chi connectivity index (χ1v) is 7.89. The van der Waals surface area contributed by atoms with Crippen molar-refractivity contribution in [2.75, 3.05) is 19.0 Å². The fourth-order valence-corrected chi connectivity index (χ4v) is 2.13. The van der Waals surface area contributed by atoms with Gasteiger partial charge in [-0.15, -0.1) is 0 Å². The van der Waals surface area contributed by atoms with Gasteiger partial charge in [0.15, 0.2) is 0 Å². The van der Waals surface area contributed by atoms with E-state index in [0.717, 1.165) is 6.42 Å². The van der Waals surface area contributed by atoms with Crippen LogP contribution in [0.5, 0.6) is 5.75 Å². The number of hydrogen-bond acceptors (Lipinski definition) is 4. The van der Waals surface area contributed by atoms with Gasteiger partial charge in [-0.25, -0.2) is 0 Å². The second-order valence-electron chi connectivity index (χ2n) is 6.17. The largest absolute Gasteiger partial charge is 0.492 e. The lowest BCUT2D eigenvalue weighted by Gasteiger charge is -2.26. The molecule has 1 aromatic rings. The Hall–Kier alpha value is -2.06. The summed E-state index contributed by atoms with van der Waals surface area (Å²) in [6.45, 7) is 8.38. The molecule has 0 aliphatic rings. The standard InChI is InChI=1S/C18H26N2O3/c1-6-9-18(4,22-5)17(21)20-15-7-8-16(14(10-15)11-19)23-12-13(2)3/h7-8,10,13H,6,9,12H2,1-5H3,(H,20,21). The van der Waals surface area contributed by atoms with Gasteiger partial charge in [0.05, 0.1) is 12.2 Å². The van der Waals surface area contributed by atoms with E-state index in [1.54, 1.807) is 25.1 Å². The number of anilines is 1. The van der Waals surface area contributed by atoms with Crippen molar-refractivity contribution in [2.24, 2.45) is 5.92 Å². The first kappa shape index (κ1) is 19.0. The van der Waals surface area contributed by atoms with Crippen LogP contribution in [0.2, 0.25) is 0 Å². The van der Waals surface area contributed by atoms with E-state index in [1.165, 1.54) is 7.11 Å².